The zero-order valence-electron chi connectivity index (χ0n) is 9.99. The molecule has 0 aliphatic heterocycles. The van der Waals surface area contributed by atoms with Crippen molar-refractivity contribution >= 4 is 12.4 Å². The van der Waals surface area contributed by atoms with Gasteiger partial charge in [-0.25, -0.2) is 0 Å². The number of furan rings is 1. The molecule has 3 nitrogen and oxygen atoms in total. The summed E-state index contributed by atoms with van der Waals surface area (Å²) in [6.07, 6.45) is 7.43. The Morgan fingerprint density at radius 1 is 1.11 bits per heavy atom. The van der Waals surface area contributed by atoms with E-state index in [-0.39, 0.29) is 0 Å². The number of hydrogen-bond acceptors (Lipinski definition) is 3. The molecule has 1 atom stereocenters. The molecule has 0 saturated heterocycles. The van der Waals surface area contributed by atoms with Gasteiger partial charge in [0.15, 0.2) is 0 Å². The maximum atomic E-state index is 5.14. The van der Waals surface area contributed by atoms with Crippen molar-refractivity contribution in [2.45, 2.75) is 18.8 Å². The molecule has 0 spiro atoms. The van der Waals surface area contributed by atoms with Crippen molar-refractivity contribution < 1.29 is 4.42 Å². The molecule has 0 N–H and O–H groups in total. The summed E-state index contributed by atoms with van der Waals surface area (Å²) in [4.78, 5) is 0. The fraction of sp³-hybridized carbons (Fsp3) is 0.200. The molecule has 1 aromatic carbocycles. The quantitative estimate of drug-likeness (QED) is 0.596. The average Bonchev–Trinajstić information content (AvgIpc) is 3.04. The molecule has 0 bridgehead atoms. The largest absolute Gasteiger partial charge is 0.463 e. The van der Waals surface area contributed by atoms with Gasteiger partial charge in [-0.15, -0.1) is 0 Å². The molecule has 1 unspecified atom stereocenters. The van der Waals surface area contributed by atoms with E-state index in [4.69, 9.17) is 4.42 Å². The van der Waals surface area contributed by atoms with E-state index < -0.39 is 0 Å². The first kappa shape index (κ1) is 11.0. The van der Waals surface area contributed by atoms with E-state index in [1.807, 2.05) is 18.3 Å². The Morgan fingerprint density at radius 2 is 2.06 bits per heavy atom. The normalized spacial score (nSPS) is 18.8. The SMILES string of the molecule is C(=N\N=C\C1CCc2ccccc21)/c1ccco1. The van der Waals surface area contributed by atoms with Crippen molar-refractivity contribution in [3.63, 3.8) is 0 Å². The maximum Gasteiger partial charge on any atom is 0.146 e. The monoisotopic (exact) mass is 238 g/mol. The first-order valence-corrected chi connectivity index (χ1v) is 6.11. The molecule has 0 amide bonds. The molecular weight excluding hydrogens is 224 g/mol. The minimum atomic E-state index is 0.398. The molecule has 1 heterocycles. The van der Waals surface area contributed by atoms with Crippen molar-refractivity contribution in [2.75, 3.05) is 0 Å². The number of rotatable bonds is 3. The standard InChI is InChI=1S/C15H14N2O/c1-2-6-15-12(4-1)7-8-13(15)10-16-17-11-14-5-3-9-18-14/h1-6,9-11,13H,7-8H2/b16-10+,17-11+. The fourth-order valence-corrected chi connectivity index (χ4v) is 2.32. The van der Waals surface area contributed by atoms with Gasteiger partial charge in [0, 0.05) is 12.1 Å². The van der Waals surface area contributed by atoms with Gasteiger partial charge in [-0.1, -0.05) is 24.3 Å². The topological polar surface area (TPSA) is 37.9 Å². The van der Waals surface area contributed by atoms with Gasteiger partial charge < -0.3 is 4.42 Å². The lowest BCUT2D eigenvalue weighted by molar-refractivity contribution is 0.560. The number of aryl methyl sites for hydroxylation is 1. The van der Waals surface area contributed by atoms with Gasteiger partial charge in [0.25, 0.3) is 0 Å². The van der Waals surface area contributed by atoms with Gasteiger partial charge in [0.2, 0.25) is 0 Å². The zero-order chi connectivity index (χ0) is 12.2. The predicted molar refractivity (Wildman–Crippen MR) is 72.3 cm³/mol. The molecule has 2 aromatic rings. The Bertz CT molecular complexity index is 570. The molecule has 3 heteroatoms. The first-order chi connectivity index (χ1) is 8.93. The number of fused-ring (bicyclic) bond motifs is 1. The van der Waals surface area contributed by atoms with E-state index in [1.165, 1.54) is 11.1 Å². The lowest BCUT2D eigenvalue weighted by Crippen LogP contribution is -1.93. The molecule has 18 heavy (non-hydrogen) atoms. The van der Waals surface area contributed by atoms with Crippen LogP contribution in [0.15, 0.2) is 57.3 Å². The minimum absolute atomic E-state index is 0.398. The van der Waals surface area contributed by atoms with E-state index in [1.54, 1.807) is 12.5 Å². The van der Waals surface area contributed by atoms with Gasteiger partial charge in [0.05, 0.1) is 12.5 Å². The molecule has 1 aromatic heterocycles. The fourth-order valence-electron chi connectivity index (χ4n) is 2.32. The summed E-state index contributed by atoms with van der Waals surface area (Å²) in [6, 6.07) is 12.2. The minimum Gasteiger partial charge on any atom is -0.463 e. The molecular formula is C15H14N2O. The highest BCUT2D eigenvalue weighted by Gasteiger charge is 2.19. The van der Waals surface area contributed by atoms with Gasteiger partial charge in [-0.2, -0.15) is 10.2 Å². The Hall–Kier alpha value is -2.16. The number of hydrogen-bond donors (Lipinski definition) is 0. The summed E-state index contributed by atoms with van der Waals surface area (Å²) in [5.74, 6) is 1.12. The summed E-state index contributed by atoms with van der Waals surface area (Å²) in [5, 5.41) is 8.11. The summed E-state index contributed by atoms with van der Waals surface area (Å²) < 4.78 is 5.14. The van der Waals surface area contributed by atoms with Crippen LogP contribution in [0, 0.1) is 0 Å². The Labute approximate surface area is 106 Å². The van der Waals surface area contributed by atoms with Crippen LogP contribution in [0.2, 0.25) is 0 Å². The summed E-state index contributed by atoms with van der Waals surface area (Å²) in [7, 11) is 0. The van der Waals surface area contributed by atoms with Crippen molar-refractivity contribution in [1.82, 2.24) is 0 Å². The third kappa shape index (κ3) is 2.25. The van der Waals surface area contributed by atoms with Gasteiger partial charge >= 0.3 is 0 Å². The second-order valence-corrected chi connectivity index (χ2v) is 4.37. The van der Waals surface area contributed by atoms with Crippen molar-refractivity contribution in [3.05, 3.63) is 59.5 Å². The van der Waals surface area contributed by atoms with Crippen LogP contribution in [0.5, 0.6) is 0 Å². The first-order valence-electron chi connectivity index (χ1n) is 6.11. The summed E-state index contributed by atoms with van der Waals surface area (Å²) >= 11 is 0. The van der Waals surface area contributed by atoms with E-state index in [0.717, 1.165) is 18.6 Å². The highest BCUT2D eigenvalue weighted by atomic mass is 16.3. The molecule has 0 saturated carbocycles. The van der Waals surface area contributed by atoms with Crippen LogP contribution in [0.1, 0.15) is 29.2 Å². The van der Waals surface area contributed by atoms with Crippen LogP contribution in [0.25, 0.3) is 0 Å². The van der Waals surface area contributed by atoms with Crippen LogP contribution in [0.4, 0.5) is 0 Å². The number of benzene rings is 1. The van der Waals surface area contributed by atoms with Crippen LogP contribution < -0.4 is 0 Å². The Balaban J connectivity index is 1.68. The Morgan fingerprint density at radius 3 is 2.94 bits per heavy atom. The molecule has 0 radical (unpaired) electrons. The van der Waals surface area contributed by atoms with Crippen LogP contribution >= 0.6 is 0 Å². The maximum absolute atomic E-state index is 5.14. The lowest BCUT2D eigenvalue weighted by Gasteiger charge is -2.02. The molecule has 3 rings (SSSR count). The van der Waals surface area contributed by atoms with Gasteiger partial charge in [-0.3, -0.25) is 0 Å². The molecule has 1 aliphatic rings. The van der Waals surface area contributed by atoms with Crippen LogP contribution in [-0.4, -0.2) is 12.4 Å². The highest BCUT2D eigenvalue weighted by Crippen LogP contribution is 2.31. The van der Waals surface area contributed by atoms with E-state index >= 15 is 0 Å². The van der Waals surface area contributed by atoms with Crippen LogP contribution in [-0.2, 0) is 6.42 Å². The summed E-state index contributed by atoms with van der Waals surface area (Å²) in [6.45, 7) is 0. The van der Waals surface area contributed by atoms with Gasteiger partial charge in [-0.05, 0) is 36.1 Å². The highest BCUT2D eigenvalue weighted by molar-refractivity contribution is 5.77. The summed E-state index contributed by atoms with van der Waals surface area (Å²) in [5.41, 5.74) is 2.82. The second kappa shape index (κ2) is 5.00. The van der Waals surface area contributed by atoms with Gasteiger partial charge in [0.1, 0.15) is 5.76 Å². The molecule has 90 valence electrons. The van der Waals surface area contributed by atoms with E-state index in [0.29, 0.717) is 5.92 Å². The molecule has 1 aliphatic carbocycles. The van der Waals surface area contributed by atoms with E-state index in [9.17, 15) is 0 Å². The van der Waals surface area contributed by atoms with Crippen molar-refractivity contribution in [2.24, 2.45) is 10.2 Å². The zero-order valence-corrected chi connectivity index (χ0v) is 9.99. The molecule has 0 fully saturated rings. The second-order valence-electron chi connectivity index (χ2n) is 4.37. The van der Waals surface area contributed by atoms with Crippen molar-refractivity contribution in [1.29, 1.82) is 0 Å². The van der Waals surface area contributed by atoms with Crippen molar-refractivity contribution in [3.8, 4) is 0 Å². The average molecular weight is 238 g/mol. The number of nitrogens with zero attached hydrogens (tertiary/aromatic N) is 2. The third-order valence-electron chi connectivity index (χ3n) is 3.22. The Kier molecular flexibility index (Phi) is 3.05. The predicted octanol–water partition coefficient (Wildman–Crippen LogP) is 3.41. The van der Waals surface area contributed by atoms with Crippen LogP contribution in [0.3, 0.4) is 0 Å². The lowest BCUT2D eigenvalue weighted by atomic mass is 10.0. The van der Waals surface area contributed by atoms with E-state index in [2.05, 4.69) is 34.5 Å². The third-order valence-corrected chi connectivity index (χ3v) is 3.22. The smallest absolute Gasteiger partial charge is 0.146 e.